The normalized spacial score (nSPS) is 15.1. The minimum Gasteiger partial charge on any atom is -0.396 e. The lowest BCUT2D eigenvalue weighted by Crippen LogP contribution is -2.26. The Labute approximate surface area is 105 Å². The van der Waals surface area contributed by atoms with E-state index in [0.717, 1.165) is 11.4 Å². The van der Waals surface area contributed by atoms with Crippen molar-refractivity contribution < 1.29 is 14.7 Å². The van der Waals surface area contributed by atoms with Gasteiger partial charge in [-0.05, 0) is 18.2 Å². The smallest absolute Gasteiger partial charge is 0.248 e. The molecule has 1 aromatic carbocycles. The molecule has 0 aliphatic carbocycles. The van der Waals surface area contributed by atoms with Gasteiger partial charge in [-0.2, -0.15) is 0 Å². The van der Waals surface area contributed by atoms with Gasteiger partial charge in [0.1, 0.15) is 6.67 Å². The zero-order chi connectivity index (χ0) is 13.1. The minimum absolute atomic E-state index is 0.0824. The SMILES string of the molecule is CC(CO)CON1CNc2cc(C(N)=O)ccc21. The fourth-order valence-electron chi connectivity index (χ4n) is 1.68. The molecule has 4 N–H and O–H groups in total. The highest BCUT2D eigenvalue weighted by molar-refractivity contribution is 5.95. The van der Waals surface area contributed by atoms with Crippen molar-refractivity contribution in [3.8, 4) is 0 Å². The predicted molar refractivity (Wildman–Crippen MR) is 68.1 cm³/mol. The van der Waals surface area contributed by atoms with Gasteiger partial charge in [0.05, 0.1) is 18.0 Å². The molecule has 6 nitrogen and oxygen atoms in total. The van der Waals surface area contributed by atoms with Crippen LogP contribution in [0.15, 0.2) is 18.2 Å². The number of nitrogens with two attached hydrogens (primary N) is 1. The summed E-state index contributed by atoms with van der Waals surface area (Å²) in [5.41, 5.74) is 7.37. The van der Waals surface area contributed by atoms with Crippen molar-refractivity contribution in [3.63, 3.8) is 0 Å². The second kappa shape index (κ2) is 5.24. The van der Waals surface area contributed by atoms with Crippen LogP contribution in [0.1, 0.15) is 17.3 Å². The number of primary amides is 1. The zero-order valence-corrected chi connectivity index (χ0v) is 10.2. The molecule has 0 radical (unpaired) electrons. The number of anilines is 2. The third kappa shape index (κ3) is 2.55. The summed E-state index contributed by atoms with van der Waals surface area (Å²) in [4.78, 5) is 16.6. The van der Waals surface area contributed by atoms with Gasteiger partial charge in [-0.3, -0.25) is 9.63 Å². The Bertz CT molecular complexity index is 450. The first-order valence-corrected chi connectivity index (χ1v) is 5.81. The van der Waals surface area contributed by atoms with Crippen molar-refractivity contribution in [1.29, 1.82) is 0 Å². The monoisotopic (exact) mass is 251 g/mol. The second-order valence-electron chi connectivity index (χ2n) is 4.39. The molecule has 1 aliphatic rings. The number of hydrogen-bond acceptors (Lipinski definition) is 5. The highest BCUT2D eigenvalue weighted by Gasteiger charge is 2.20. The Balaban J connectivity index is 2.07. The number of aliphatic hydroxyl groups excluding tert-OH is 1. The summed E-state index contributed by atoms with van der Waals surface area (Å²) < 4.78 is 0. The number of carbonyl (C=O) groups excluding carboxylic acids is 1. The van der Waals surface area contributed by atoms with Crippen LogP contribution >= 0.6 is 0 Å². The third-order valence-corrected chi connectivity index (χ3v) is 2.79. The standard InChI is InChI=1S/C12H17N3O3/c1-8(5-16)6-18-15-7-14-10-4-9(12(13)17)2-3-11(10)15/h2-4,8,14,16H,5-7H2,1H3,(H2,13,17). The summed E-state index contributed by atoms with van der Waals surface area (Å²) in [5.74, 6) is -0.369. The summed E-state index contributed by atoms with van der Waals surface area (Å²) in [7, 11) is 0. The van der Waals surface area contributed by atoms with E-state index in [1.165, 1.54) is 0 Å². The van der Waals surface area contributed by atoms with E-state index in [0.29, 0.717) is 18.8 Å². The van der Waals surface area contributed by atoms with Crippen molar-refractivity contribution in [2.24, 2.45) is 11.7 Å². The Morgan fingerprint density at radius 2 is 2.44 bits per heavy atom. The lowest BCUT2D eigenvalue weighted by Gasteiger charge is -2.19. The van der Waals surface area contributed by atoms with Gasteiger partial charge in [0.2, 0.25) is 5.91 Å². The number of nitrogens with zero attached hydrogens (tertiary/aromatic N) is 1. The van der Waals surface area contributed by atoms with Gasteiger partial charge in [0.15, 0.2) is 0 Å². The van der Waals surface area contributed by atoms with Crippen LogP contribution in [0.2, 0.25) is 0 Å². The molecule has 2 rings (SSSR count). The lowest BCUT2D eigenvalue weighted by molar-refractivity contribution is 0.0665. The van der Waals surface area contributed by atoms with E-state index in [2.05, 4.69) is 5.32 Å². The molecule has 1 heterocycles. The highest BCUT2D eigenvalue weighted by atomic mass is 16.7. The maximum absolute atomic E-state index is 11.1. The van der Waals surface area contributed by atoms with Crippen molar-refractivity contribution in [1.82, 2.24) is 0 Å². The topological polar surface area (TPSA) is 87.8 Å². The van der Waals surface area contributed by atoms with Crippen LogP contribution in [0.4, 0.5) is 11.4 Å². The van der Waals surface area contributed by atoms with Crippen molar-refractivity contribution >= 4 is 17.3 Å². The number of nitrogens with one attached hydrogen (secondary N) is 1. The van der Waals surface area contributed by atoms with E-state index >= 15 is 0 Å². The first kappa shape index (κ1) is 12.7. The van der Waals surface area contributed by atoms with Crippen molar-refractivity contribution in [2.75, 3.05) is 30.3 Å². The van der Waals surface area contributed by atoms with E-state index in [-0.39, 0.29) is 12.5 Å². The summed E-state index contributed by atoms with van der Waals surface area (Å²) in [6.45, 7) is 2.94. The fourth-order valence-corrected chi connectivity index (χ4v) is 1.68. The second-order valence-corrected chi connectivity index (χ2v) is 4.39. The predicted octanol–water partition coefficient (Wildman–Crippen LogP) is 0.535. The molecule has 0 saturated carbocycles. The average molecular weight is 251 g/mol. The molecule has 0 bridgehead atoms. The maximum Gasteiger partial charge on any atom is 0.248 e. The van der Waals surface area contributed by atoms with Gasteiger partial charge in [0, 0.05) is 18.1 Å². The number of hydrogen-bond donors (Lipinski definition) is 3. The Morgan fingerprint density at radius 3 is 3.11 bits per heavy atom. The van der Waals surface area contributed by atoms with Crippen molar-refractivity contribution in [3.05, 3.63) is 23.8 Å². The van der Waals surface area contributed by atoms with Crippen LogP contribution < -0.4 is 16.1 Å². The number of hydroxylamine groups is 1. The minimum atomic E-state index is -0.451. The number of rotatable bonds is 5. The molecule has 0 fully saturated rings. The molecule has 0 spiro atoms. The van der Waals surface area contributed by atoms with Gasteiger partial charge < -0.3 is 16.2 Å². The number of aliphatic hydroxyl groups is 1. The molecule has 98 valence electrons. The maximum atomic E-state index is 11.1. The molecule has 6 heteroatoms. The molecular formula is C12H17N3O3. The molecular weight excluding hydrogens is 234 g/mol. The van der Waals surface area contributed by atoms with E-state index in [4.69, 9.17) is 15.7 Å². The molecule has 0 aromatic heterocycles. The number of carbonyl (C=O) groups is 1. The van der Waals surface area contributed by atoms with Gasteiger partial charge in [-0.25, -0.2) is 5.06 Å². The zero-order valence-electron chi connectivity index (χ0n) is 10.2. The highest BCUT2D eigenvalue weighted by Crippen LogP contribution is 2.32. The number of amides is 1. The first-order chi connectivity index (χ1) is 8.61. The molecule has 0 saturated heterocycles. The van der Waals surface area contributed by atoms with Gasteiger partial charge in [-0.1, -0.05) is 6.92 Å². The number of fused-ring (bicyclic) bond motifs is 1. The third-order valence-electron chi connectivity index (χ3n) is 2.79. The molecule has 1 amide bonds. The molecule has 1 atom stereocenters. The quantitative estimate of drug-likeness (QED) is 0.710. The first-order valence-electron chi connectivity index (χ1n) is 5.81. The van der Waals surface area contributed by atoms with Crippen molar-refractivity contribution in [2.45, 2.75) is 6.92 Å². The summed E-state index contributed by atoms with van der Waals surface area (Å²) in [5, 5.41) is 13.8. The van der Waals surface area contributed by atoms with Crippen LogP contribution in [0.25, 0.3) is 0 Å². The number of benzene rings is 1. The van der Waals surface area contributed by atoms with Crippen LogP contribution in [-0.2, 0) is 4.84 Å². The van der Waals surface area contributed by atoms with Crippen LogP contribution in [0.5, 0.6) is 0 Å². The molecule has 1 unspecified atom stereocenters. The fraction of sp³-hybridized carbons (Fsp3) is 0.417. The molecule has 1 aliphatic heterocycles. The summed E-state index contributed by atoms with van der Waals surface area (Å²) in [6, 6.07) is 5.16. The lowest BCUT2D eigenvalue weighted by atomic mass is 10.1. The van der Waals surface area contributed by atoms with Crippen LogP contribution in [0, 0.1) is 5.92 Å². The van der Waals surface area contributed by atoms with Crippen LogP contribution in [-0.4, -0.2) is 30.9 Å². The van der Waals surface area contributed by atoms with E-state index in [1.807, 2.05) is 6.92 Å². The van der Waals surface area contributed by atoms with E-state index < -0.39 is 5.91 Å². The Hall–Kier alpha value is -1.79. The Kier molecular flexibility index (Phi) is 3.69. The van der Waals surface area contributed by atoms with E-state index in [9.17, 15) is 4.79 Å². The average Bonchev–Trinajstić information content (AvgIpc) is 2.78. The largest absolute Gasteiger partial charge is 0.396 e. The van der Waals surface area contributed by atoms with Gasteiger partial charge in [0.25, 0.3) is 0 Å². The van der Waals surface area contributed by atoms with Gasteiger partial charge in [-0.15, -0.1) is 0 Å². The van der Waals surface area contributed by atoms with Crippen LogP contribution in [0.3, 0.4) is 0 Å². The molecule has 1 aromatic rings. The summed E-state index contributed by atoms with van der Waals surface area (Å²) in [6.07, 6.45) is 0. The Morgan fingerprint density at radius 1 is 1.67 bits per heavy atom. The van der Waals surface area contributed by atoms with E-state index in [1.54, 1.807) is 23.3 Å². The molecule has 18 heavy (non-hydrogen) atoms. The summed E-state index contributed by atoms with van der Waals surface area (Å²) >= 11 is 0. The van der Waals surface area contributed by atoms with Gasteiger partial charge >= 0.3 is 0 Å².